The Bertz CT molecular complexity index is 716. The summed E-state index contributed by atoms with van der Waals surface area (Å²) in [6.45, 7) is 4.48. The summed E-state index contributed by atoms with van der Waals surface area (Å²) in [4.78, 5) is 17.7. The molecule has 0 saturated carbocycles. The van der Waals surface area contributed by atoms with E-state index in [1.54, 1.807) is 12.1 Å². The van der Waals surface area contributed by atoms with Gasteiger partial charge in [0.1, 0.15) is 0 Å². The molecule has 0 bridgehead atoms. The third kappa shape index (κ3) is 3.79. The number of aromatic nitrogens is 2. The number of nitrogens with zero attached hydrogens (tertiary/aromatic N) is 3. The highest BCUT2D eigenvalue weighted by atomic mass is 79.9. The predicted octanol–water partition coefficient (Wildman–Crippen LogP) is 3.22. The molecule has 0 radical (unpaired) electrons. The molecule has 1 saturated heterocycles. The van der Waals surface area contributed by atoms with Crippen LogP contribution in [0.5, 0.6) is 0 Å². The van der Waals surface area contributed by atoms with Gasteiger partial charge in [-0.15, -0.1) is 0 Å². The molecule has 1 unspecified atom stereocenters. The Labute approximate surface area is 142 Å². The quantitative estimate of drug-likeness (QED) is 0.878. The molecule has 23 heavy (non-hydrogen) atoms. The van der Waals surface area contributed by atoms with Crippen LogP contribution in [-0.4, -0.2) is 39.2 Å². The number of hydrogen-bond donors (Lipinski definition) is 1. The standard InChI is InChI=1S/C16H18BrN3O3/c1-10-18-15(23-19-10)13-3-2-6-20(9-13)8-12-5-4-11(16(21)22)7-14(12)17/h4-5,7,13H,2-3,6,8-9H2,1H3,(H,21,22). The summed E-state index contributed by atoms with van der Waals surface area (Å²) in [6.07, 6.45) is 2.13. The van der Waals surface area contributed by atoms with Crippen molar-refractivity contribution in [2.45, 2.75) is 32.2 Å². The summed E-state index contributed by atoms with van der Waals surface area (Å²) in [6, 6.07) is 5.17. The van der Waals surface area contributed by atoms with Gasteiger partial charge in [-0.2, -0.15) is 4.98 Å². The fraction of sp³-hybridized carbons (Fsp3) is 0.438. The summed E-state index contributed by atoms with van der Waals surface area (Å²) in [7, 11) is 0. The van der Waals surface area contributed by atoms with Crippen molar-refractivity contribution in [1.29, 1.82) is 0 Å². The van der Waals surface area contributed by atoms with Crippen LogP contribution >= 0.6 is 15.9 Å². The smallest absolute Gasteiger partial charge is 0.335 e. The molecular formula is C16H18BrN3O3. The molecule has 7 heteroatoms. The topological polar surface area (TPSA) is 79.5 Å². The second-order valence-corrected chi connectivity index (χ2v) is 6.72. The zero-order valence-electron chi connectivity index (χ0n) is 12.8. The first-order chi connectivity index (χ1) is 11.0. The lowest BCUT2D eigenvalue weighted by Gasteiger charge is -2.31. The Morgan fingerprint density at radius 2 is 2.35 bits per heavy atom. The summed E-state index contributed by atoms with van der Waals surface area (Å²) < 4.78 is 6.13. The van der Waals surface area contributed by atoms with E-state index in [1.807, 2.05) is 13.0 Å². The molecule has 1 aromatic heterocycles. The van der Waals surface area contributed by atoms with E-state index in [1.165, 1.54) is 0 Å². The molecule has 2 aromatic rings. The van der Waals surface area contributed by atoms with Gasteiger partial charge in [-0.1, -0.05) is 27.2 Å². The molecular weight excluding hydrogens is 362 g/mol. The van der Waals surface area contributed by atoms with Crippen LogP contribution in [0.1, 0.15) is 46.4 Å². The monoisotopic (exact) mass is 379 g/mol. The van der Waals surface area contributed by atoms with Crippen LogP contribution in [0.3, 0.4) is 0 Å². The first-order valence-electron chi connectivity index (χ1n) is 7.57. The maximum Gasteiger partial charge on any atom is 0.335 e. The number of carboxylic acids is 1. The Hall–Kier alpha value is -1.73. The Morgan fingerprint density at radius 1 is 1.52 bits per heavy atom. The van der Waals surface area contributed by atoms with Crippen molar-refractivity contribution in [2.24, 2.45) is 0 Å². The lowest BCUT2D eigenvalue weighted by Crippen LogP contribution is -2.34. The van der Waals surface area contributed by atoms with Crippen molar-refractivity contribution in [1.82, 2.24) is 15.0 Å². The molecule has 0 spiro atoms. The predicted molar refractivity (Wildman–Crippen MR) is 87.4 cm³/mol. The Balaban J connectivity index is 1.69. The molecule has 1 atom stereocenters. The van der Waals surface area contributed by atoms with Gasteiger partial charge in [0, 0.05) is 17.6 Å². The van der Waals surface area contributed by atoms with Gasteiger partial charge in [0.2, 0.25) is 5.89 Å². The minimum atomic E-state index is -0.915. The van der Waals surface area contributed by atoms with E-state index < -0.39 is 5.97 Å². The molecule has 1 aromatic carbocycles. The summed E-state index contributed by atoms with van der Waals surface area (Å²) >= 11 is 3.47. The molecule has 1 aliphatic heterocycles. The van der Waals surface area contributed by atoms with Gasteiger partial charge in [0.25, 0.3) is 0 Å². The lowest BCUT2D eigenvalue weighted by molar-refractivity contribution is 0.0696. The highest BCUT2D eigenvalue weighted by molar-refractivity contribution is 9.10. The molecule has 122 valence electrons. The van der Waals surface area contributed by atoms with Crippen molar-refractivity contribution < 1.29 is 14.4 Å². The van der Waals surface area contributed by atoms with Crippen molar-refractivity contribution in [3.8, 4) is 0 Å². The minimum Gasteiger partial charge on any atom is -0.478 e. The largest absolute Gasteiger partial charge is 0.478 e. The number of benzene rings is 1. The molecule has 0 amide bonds. The first kappa shape index (κ1) is 16.1. The highest BCUT2D eigenvalue weighted by Crippen LogP contribution is 2.28. The summed E-state index contributed by atoms with van der Waals surface area (Å²) in [5.74, 6) is 0.737. The number of piperidine rings is 1. The van der Waals surface area contributed by atoms with Gasteiger partial charge in [0.15, 0.2) is 5.82 Å². The number of likely N-dealkylation sites (tertiary alicyclic amines) is 1. The van der Waals surface area contributed by atoms with Gasteiger partial charge in [-0.25, -0.2) is 4.79 Å². The first-order valence-corrected chi connectivity index (χ1v) is 8.36. The number of aryl methyl sites for hydroxylation is 1. The van der Waals surface area contributed by atoms with Crippen molar-refractivity contribution >= 4 is 21.9 Å². The van der Waals surface area contributed by atoms with E-state index in [-0.39, 0.29) is 5.92 Å². The maximum absolute atomic E-state index is 11.0. The van der Waals surface area contributed by atoms with E-state index in [0.717, 1.165) is 42.5 Å². The van der Waals surface area contributed by atoms with Crippen molar-refractivity contribution in [2.75, 3.05) is 13.1 Å². The third-order valence-corrected chi connectivity index (χ3v) is 4.83. The van der Waals surface area contributed by atoms with Crippen LogP contribution in [0.15, 0.2) is 27.2 Å². The second kappa shape index (κ2) is 6.80. The molecule has 1 fully saturated rings. The summed E-state index contributed by atoms with van der Waals surface area (Å²) in [5, 5.41) is 12.9. The van der Waals surface area contributed by atoms with Crippen LogP contribution < -0.4 is 0 Å². The average molecular weight is 380 g/mol. The fourth-order valence-corrected chi connectivity index (χ4v) is 3.43. The van der Waals surface area contributed by atoms with E-state index in [4.69, 9.17) is 9.63 Å². The highest BCUT2D eigenvalue weighted by Gasteiger charge is 2.26. The summed E-state index contributed by atoms with van der Waals surface area (Å²) in [5.41, 5.74) is 1.37. The number of halogens is 1. The zero-order valence-corrected chi connectivity index (χ0v) is 14.4. The zero-order chi connectivity index (χ0) is 16.4. The molecule has 1 aliphatic rings. The number of carbonyl (C=O) groups is 1. The van der Waals surface area contributed by atoms with Gasteiger partial charge in [-0.3, -0.25) is 4.90 Å². The van der Waals surface area contributed by atoms with Gasteiger partial charge < -0.3 is 9.63 Å². The van der Waals surface area contributed by atoms with E-state index in [9.17, 15) is 4.79 Å². The van der Waals surface area contributed by atoms with Crippen LogP contribution in [-0.2, 0) is 6.54 Å². The Morgan fingerprint density at radius 3 is 3.00 bits per heavy atom. The molecule has 1 N–H and O–H groups in total. The van der Waals surface area contributed by atoms with Gasteiger partial charge >= 0.3 is 5.97 Å². The molecule has 6 nitrogen and oxygen atoms in total. The number of rotatable bonds is 4. The molecule has 2 heterocycles. The number of hydrogen-bond acceptors (Lipinski definition) is 5. The van der Waals surface area contributed by atoms with Crippen LogP contribution in [0.2, 0.25) is 0 Å². The van der Waals surface area contributed by atoms with E-state index >= 15 is 0 Å². The third-order valence-electron chi connectivity index (χ3n) is 4.09. The van der Waals surface area contributed by atoms with Crippen LogP contribution in [0, 0.1) is 6.92 Å². The van der Waals surface area contributed by atoms with Crippen LogP contribution in [0.4, 0.5) is 0 Å². The van der Waals surface area contributed by atoms with E-state index in [0.29, 0.717) is 17.3 Å². The fourth-order valence-electron chi connectivity index (χ4n) is 2.93. The van der Waals surface area contributed by atoms with Crippen LogP contribution in [0.25, 0.3) is 0 Å². The maximum atomic E-state index is 11.0. The van der Waals surface area contributed by atoms with Gasteiger partial charge in [-0.05, 0) is 44.0 Å². The SMILES string of the molecule is Cc1noc(C2CCCN(Cc3ccc(C(=O)O)cc3Br)C2)n1. The normalized spacial score (nSPS) is 19.0. The average Bonchev–Trinajstić information content (AvgIpc) is 2.96. The van der Waals surface area contributed by atoms with Gasteiger partial charge in [0.05, 0.1) is 11.5 Å². The number of carboxylic acid groups (broad SMARTS) is 1. The minimum absolute atomic E-state index is 0.266. The number of aromatic carboxylic acids is 1. The lowest BCUT2D eigenvalue weighted by atomic mass is 9.97. The second-order valence-electron chi connectivity index (χ2n) is 5.87. The Kier molecular flexibility index (Phi) is 4.77. The van der Waals surface area contributed by atoms with E-state index in [2.05, 4.69) is 31.0 Å². The van der Waals surface area contributed by atoms with Crippen molar-refractivity contribution in [3.05, 3.63) is 45.5 Å². The molecule has 3 rings (SSSR count). The molecule has 0 aliphatic carbocycles. The van der Waals surface area contributed by atoms with Crippen molar-refractivity contribution in [3.63, 3.8) is 0 Å².